The Kier molecular flexibility index (Phi) is 7.10. The number of rotatable bonds is 7. The first-order valence-electron chi connectivity index (χ1n) is 6.81. The minimum Gasteiger partial charge on any atom is -0.492 e. The minimum atomic E-state index is -0.0111. The van der Waals surface area contributed by atoms with Crippen LogP contribution in [-0.4, -0.2) is 37.3 Å². The molecule has 1 aromatic carbocycles. The van der Waals surface area contributed by atoms with Crippen LogP contribution in [0.1, 0.15) is 31.9 Å². The molecule has 0 aromatic heterocycles. The van der Waals surface area contributed by atoms with E-state index in [1.165, 1.54) is 0 Å². The van der Waals surface area contributed by atoms with Crippen molar-refractivity contribution in [3.05, 3.63) is 27.7 Å². The monoisotopic (exact) mass is 319 g/mol. The Morgan fingerprint density at radius 3 is 2.45 bits per heavy atom. The van der Waals surface area contributed by atoms with Gasteiger partial charge < -0.3 is 14.7 Å². The van der Waals surface area contributed by atoms with Crippen molar-refractivity contribution in [3.8, 4) is 5.75 Å². The van der Waals surface area contributed by atoms with E-state index in [1.54, 1.807) is 6.07 Å². The van der Waals surface area contributed by atoms with E-state index in [1.807, 2.05) is 38.9 Å². The molecule has 114 valence electrons. The van der Waals surface area contributed by atoms with Gasteiger partial charge in [0.2, 0.25) is 0 Å². The maximum atomic E-state index is 9.49. The molecule has 2 unspecified atom stereocenters. The highest BCUT2D eigenvalue weighted by atomic mass is 35.5. The van der Waals surface area contributed by atoms with Crippen LogP contribution >= 0.6 is 23.2 Å². The fourth-order valence-electron chi connectivity index (χ4n) is 2.35. The highest BCUT2D eigenvalue weighted by Crippen LogP contribution is 2.40. The summed E-state index contributed by atoms with van der Waals surface area (Å²) in [6, 6.07) is 3.55. The number of nitrogens with zero attached hydrogens (tertiary/aromatic N) is 1. The Hall–Kier alpha value is -0.480. The Balaban J connectivity index is 3.30. The molecule has 0 aliphatic carbocycles. The average molecular weight is 320 g/mol. The number of aliphatic hydroxyl groups excluding tert-OH is 1. The van der Waals surface area contributed by atoms with Crippen molar-refractivity contribution in [2.75, 3.05) is 27.3 Å². The van der Waals surface area contributed by atoms with Crippen LogP contribution in [-0.2, 0) is 0 Å². The molecule has 0 saturated carbocycles. The molecule has 20 heavy (non-hydrogen) atoms. The molecule has 2 atom stereocenters. The van der Waals surface area contributed by atoms with E-state index < -0.39 is 0 Å². The number of hydrogen-bond donors (Lipinski definition) is 1. The molecule has 1 rings (SSSR count). The molecule has 0 fully saturated rings. The smallest absolute Gasteiger partial charge is 0.142 e. The molecule has 1 N–H and O–H groups in total. The summed E-state index contributed by atoms with van der Waals surface area (Å²) in [6.45, 7) is 4.72. The largest absolute Gasteiger partial charge is 0.492 e. The number of benzene rings is 1. The zero-order chi connectivity index (χ0) is 15.3. The van der Waals surface area contributed by atoms with Crippen LogP contribution in [0.2, 0.25) is 10.0 Å². The molecule has 0 aliphatic rings. The zero-order valence-corrected chi connectivity index (χ0v) is 14.0. The maximum absolute atomic E-state index is 9.49. The van der Waals surface area contributed by atoms with Crippen LogP contribution in [0, 0.1) is 5.92 Å². The molecule has 1 aromatic rings. The summed E-state index contributed by atoms with van der Waals surface area (Å²) in [6.07, 6.45) is 0.903. The van der Waals surface area contributed by atoms with E-state index in [2.05, 4.69) is 0 Å². The standard InChI is InChI=1S/C15H23Cl2NO2/c1-5-6-20-15-12(7-11(16)8-13(15)17)14(18(3)4)10(2)9-19/h7-8,10,14,19H,5-6,9H2,1-4H3. The Morgan fingerprint density at radius 1 is 1.30 bits per heavy atom. The van der Waals surface area contributed by atoms with Gasteiger partial charge in [0.1, 0.15) is 5.75 Å². The van der Waals surface area contributed by atoms with Crippen molar-refractivity contribution in [1.29, 1.82) is 0 Å². The summed E-state index contributed by atoms with van der Waals surface area (Å²) in [5.41, 5.74) is 0.919. The molecule has 0 spiro atoms. The number of hydrogen-bond acceptors (Lipinski definition) is 3. The van der Waals surface area contributed by atoms with Crippen molar-refractivity contribution >= 4 is 23.2 Å². The van der Waals surface area contributed by atoms with Crippen LogP contribution in [0.5, 0.6) is 5.75 Å². The van der Waals surface area contributed by atoms with Gasteiger partial charge in [-0.2, -0.15) is 0 Å². The zero-order valence-electron chi connectivity index (χ0n) is 12.5. The van der Waals surface area contributed by atoms with Gasteiger partial charge in [-0.25, -0.2) is 0 Å². The van der Waals surface area contributed by atoms with E-state index in [0.29, 0.717) is 22.4 Å². The molecular weight excluding hydrogens is 297 g/mol. The van der Waals surface area contributed by atoms with Gasteiger partial charge in [0.25, 0.3) is 0 Å². The molecule has 5 heteroatoms. The van der Waals surface area contributed by atoms with E-state index in [-0.39, 0.29) is 18.6 Å². The first kappa shape index (κ1) is 17.6. The Labute approximate surface area is 131 Å². The summed E-state index contributed by atoms with van der Waals surface area (Å²) < 4.78 is 5.80. The minimum absolute atomic E-state index is 0.0111. The van der Waals surface area contributed by atoms with Gasteiger partial charge in [-0.1, -0.05) is 37.0 Å². The lowest BCUT2D eigenvalue weighted by molar-refractivity contribution is 0.142. The number of ether oxygens (including phenoxy) is 1. The van der Waals surface area contributed by atoms with Gasteiger partial charge in [0, 0.05) is 23.2 Å². The maximum Gasteiger partial charge on any atom is 0.142 e. The van der Waals surface area contributed by atoms with Crippen LogP contribution in [0.3, 0.4) is 0 Å². The summed E-state index contributed by atoms with van der Waals surface area (Å²) in [5.74, 6) is 0.709. The molecule has 0 aliphatic heterocycles. The van der Waals surface area contributed by atoms with Gasteiger partial charge in [0.15, 0.2) is 0 Å². The van der Waals surface area contributed by atoms with Crippen molar-refractivity contribution in [2.45, 2.75) is 26.3 Å². The van der Waals surface area contributed by atoms with Crippen molar-refractivity contribution < 1.29 is 9.84 Å². The molecule has 0 radical (unpaired) electrons. The van der Waals surface area contributed by atoms with E-state index in [9.17, 15) is 5.11 Å². The molecule has 0 bridgehead atoms. The van der Waals surface area contributed by atoms with Crippen molar-refractivity contribution in [2.24, 2.45) is 5.92 Å². The lowest BCUT2D eigenvalue weighted by Gasteiger charge is -2.31. The lowest BCUT2D eigenvalue weighted by atomic mass is 9.93. The Bertz CT molecular complexity index is 438. The first-order chi connectivity index (χ1) is 9.42. The fourth-order valence-corrected chi connectivity index (χ4v) is 2.91. The normalized spacial score (nSPS) is 14.4. The molecule has 3 nitrogen and oxygen atoms in total. The van der Waals surface area contributed by atoms with Gasteiger partial charge >= 0.3 is 0 Å². The molecule has 0 saturated heterocycles. The molecule has 0 heterocycles. The Morgan fingerprint density at radius 2 is 1.95 bits per heavy atom. The van der Waals surface area contributed by atoms with Gasteiger partial charge in [-0.05, 0) is 38.6 Å². The van der Waals surface area contributed by atoms with Crippen molar-refractivity contribution in [3.63, 3.8) is 0 Å². The molecule has 0 amide bonds. The summed E-state index contributed by atoms with van der Waals surface area (Å²) in [5, 5.41) is 10.6. The SMILES string of the molecule is CCCOc1c(Cl)cc(Cl)cc1C(C(C)CO)N(C)C. The van der Waals surface area contributed by atoms with Crippen LogP contribution in [0.25, 0.3) is 0 Å². The average Bonchev–Trinajstić information content (AvgIpc) is 2.37. The second-order valence-electron chi connectivity index (χ2n) is 5.22. The lowest BCUT2D eigenvalue weighted by Crippen LogP contribution is -2.28. The topological polar surface area (TPSA) is 32.7 Å². The van der Waals surface area contributed by atoms with Crippen LogP contribution < -0.4 is 4.74 Å². The van der Waals surface area contributed by atoms with Gasteiger partial charge in [-0.15, -0.1) is 0 Å². The summed E-state index contributed by atoms with van der Waals surface area (Å²) in [7, 11) is 3.93. The van der Waals surface area contributed by atoms with E-state index >= 15 is 0 Å². The van der Waals surface area contributed by atoms with E-state index in [4.69, 9.17) is 27.9 Å². The highest BCUT2D eigenvalue weighted by Gasteiger charge is 2.26. The quantitative estimate of drug-likeness (QED) is 0.824. The second kappa shape index (κ2) is 8.08. The van der Waals surface area contributed by atoms with Crippen LogP contribution in [0.4, 0.5) is 0 Å². The first-order valence-corrected chi connectivity index (χ1v) is 7.56. The van der Waals surface area contributed by atoms with Gasteiger partial charge in [0.05, 0.1) is 11.6 Å². The number of aliphatic hydroxyl groups is 1. The highest BCUT2D eigenvalue weighted by molar-refractivity contribution is 6.35. The molecular formula is C15H23Cl2NO2. The summed E-state index contributed by atoms with van der Waals surface area (Å²) >= 11 is 12.4. The third-order valence-corrected chi connectivity index (χ3v) is 3.69. The fraction of sp³-hybridized carbons (Fsp3) is 0.600. The predicted molar refractivity (Wildman–Crippen MR) is 84.9 cm³/mol. The van der Waals surface area contributed by atoms with E-state index in [0.717, 1.165) is 12.0 Å². The third-order valence-electron chi connectivity index (χ3n) is 3.19. The number of halogens is 2. The third kappa shape index (κ3) is 4.26. The second-order valence-corrected chi connectivity index (χ2v) is 6.07. The van der Waals surface area contributed by atoms with Crippen molar-refractivity contribution in [1.82, 2.24) is 4.90 Å². The van der Waals surface area contributed by atoms with Crippen LogP contribution in [0.15, 0.2) is 12.1 Å². The van der Waals surface area contributed by atoms with Gasteiger partial charge in [-0.3, -0.25) is 0 Å². The predicted octanol–water partition coefficient (Wildman–Crippen LogP) is 4.01. The summed E-state index contributed by atoms with van der Waals surface area (Å²) in [4.78, 5) is 2.04.